The third kappa shape index (κ3) is 5.38. The summed E-state index contributed by atoms with van der Waals surface area (Å²) in [5.74, 6) is -0.282. The Balaban J connectivity index is 1.63. The molecule has 8 heteroatoms. The number of halogens is 3. The highest BCUT2D eigenvalue weighted by Crippen LogP contribution is 2.43. The molecule has 0 spiro atoms. The summed E-state index contributed by atoms with van der Waals surface area (Å²) >= 11 is 7.84. The molecule has 0 amide bonds. The van der Waals surface area contributed by atoms with E-state index < -0.39 is 12.6 Å². The Morgan fingerprint density at radius 2 is 1.76 bits per heavy atom. The second-order valence-electron chi connectivity index (χ2n) is 7.45. The van der Waals surface area contributed by atoms with Gasteiger partial charge in [0.15, 0.2) is 0 Å². The van der Waals surface area contributed by atoms with Crippen molar-refractivity contribution < 1.29 is 28.2 Å². The summed E-state index contributed by atoms with van der Waals surface area (Å²) in [5.41, 5.74) is 4.50. The van der Waals surface area contributed by atoms with Crippen molar-refractivity contribution in [3.8, 4) is 33.1 Å². The number of carbonyl (C=O) groups is 1. The van der Waals surface area contributed by atoms with Crippen LogP contribution in [0.1, 0.15) is 21.5 Å². The van der Waals surface area contributed by atoms with Gasteiger partial charge in [-0.1, -0.05) is 29.8 Å². The molecule has 0 saturated heterocycles. The summed E-state index contributed by atoms with van der Waals surface area (Å²) in [6.45, 7) is -0.778. The van der Waals surface area contributed by atoms with Crippen molar-refractivity contribution in [2.24, 2.45) is 0 Å². The molecule has 1 heterocycles. The topological polar surface area (TPSA) is 55.8 Å². The first-order chi connectivity index (χ1) is 16.3. The highest BCUT2D eigenvalue weighted by Gasteiger charge is 2.17. The maximum Gasteiger partial charge on any atom is 0.387 e. The van der Waals surface area contributed by atoms with Crippen LogP contribution in [0.25, 0.3) is 21.6 Å². The number of ether oxygens (including phenoxy) is 2. The van der Waals surface area contributed by atoms with E-state index in [9.17, 15) is 18.7 Å². The largest absolute Gasteiger partial charge is 0.488 e. The maximum atomic E-state index is 12.4. The van der Waals surface area contributed by atoms with Crippen LogP contribution in [0.3, 0.4) is 0 Å². The van der Waals surface area contributed by atoms with Crippen LogP contribution >= 0.6 is 22.9 Å². The molecule has 1 aromatic heterocycles. The molecule has 0 saturated carbocycles. The molecule has 1 N–H and O–H groups in total. The van der Waals surface area contributed by atoms with E-state index in [0.717, 1.165) is 32.7 Å². The Morgan fingerprint density at radius 1 is 1.00 bits per heavy atom. The molecule has 0 unspecified atom stereocenters. The van der Waals surface area contributed by atoms with Crippen molar-refractivity contribution in [2.75, 3.05) is 0 Å². The van der Waals surface area contributed by atoms with Crippen LogP contribution in [0.5, 0.6) is 11.5 Å². The molecule has 0 bridgehead atoms. The van der Waals surface area contributed by atoms with Crippen molar-refractivity contribution in [1.82, 2.24) is 0 Å². The summed E-state index contributed by atoms with van der Waals surface area (Å²) in [6.07, 6.45) is 0. The third-order valence-corrected chi connectivity index (χ3v) is 6.34. The Kier molecular flexibility index (Phi) is 7.14. The highest BCUT2D eigenvalue weighted by atomic mass is 35.5. The molecular weight excluding hydrogens is 482 g/mol. The van der Waals surface area contributed by atoms with Gasteiger partial charge in [-0.25, -0.2) is 4.79 Å². The van der Waals surface area contributed by atoms with Crippen LogP contribution in [0.2, 0.25) is 5.02 Å². The number of thiophene rings is 1. The van der Waals surface area contributed by atoms with Crippen LogP contribution < -0.4 is 9.47 Å². The number of carboxylic acids is 1. The monoisotopic (exact) mass is 500 g/mol. The van der Waals surface area contributed by atoms with Crippen molar-refractivity contribution in [3.05, 3.63) is 93.8 Å². The van der Waals surface area contributed by atoms with Gasteiger partial charge in [-0.2, -0.15) is 8.78 Å². The van der Waals surface area contributed by atoms with Crippen molar-refractivity contribution in [3.63, 3.8) is 0 Å². The molecular formula is C26H19ClF2O4S. The minimum atomic E-state index is -2.87. The zero-order valence-corrected chi connectivity index (χ0v) is 19.5. The average molecular weight is 501 g/mol. The standard InChI is InChI=1S/C26H19ClF2O4S/c1-15-12-17(25(30)31)4-8-20(15)24-21(10-11-34-24)22-13-18(27)5-9-23(22)32-14-16-2-6-19(7-3-16)33-26(28)29/h2-13,26H,14H2,1H3,(H,30,31). The summed E-state index contributed by atoms with van der Waals surface area (Å²) in [6, 6.07) is 18.6. The van der Waals surface area contributed by atoms with Gasteiger partial charge in [0.1, 0.15) is 18.1 Å². The molecule has 4 nitrogen and oxygen atoms in total. The van der Waals surface area contributed by atoms with Gasteiger partial charge in [0, 0.05) is 21.0 Å². The SMILES string of the molecule is Cc1cc(C(=O)O)ccc1-c1sccc1-c1cc(Cl)ccc1OCc1ccc(OC(F)F)cc1. The second kappa shape index (κ2) is 10.2. The predicted octanol–water partition coefficient (Wildman–Crippen LogP) is 7.92. The van der Waals surface area contributed by atoms with E-state index >= 15 is 0 Å². The third-order valence-electron chi connectivity index (χ3n) is 5.16. The quantitative estimate of drug-likeness (QED) is 0.267. The van der Waals surface area contributed by atoms with Gasteiger partial charge in [-0.15, -0.1) is 11.3 Å². The molecule has 4 aromatic rings. The fourth-order valence-corrected chi connectivity index (χ4v) is 4.72. The number of aromatic carboxylic acids is 1. The normalized spacial score (nSPS) is 11.0. The van der Waals surface area contributed by atoms with E-state index in [-0.39, 0.29) is 17.9 Å². The lowest BCUT2D eigenvalue weighted by Crippen LogP contribution is -2.02. The number of alkyl halides is 2. The van der Waals surface area contributed by atoms with E-state index in [4.69, 9.17) is 16.3 Å². The number of hydrogen-bond donors (Lipinski definition) is 1. The minimum absolute atomic E-state index is 0.0816. The average Bonchev–Trinajstić information content (AvgIpc) is 3.28. The smallest absolute Gasteiger partial charge is 0.387 e. The van der Waals surface area contributed by atoms with E-state index in [1.54, 1.807) is 47.7 Å². The van der Waals surface area contributed by atoms with Gasteiger partial charge >= 0.3 is 12.6 Å². The fourth-order valence-electron chi connectivity index (χ4n) is 3.55. The molecule has 0 aliphatic heterocycles. The van der Waals surface area contributed by atoms with Crippen molar-refractivity contribution in [1.29, 1.82) is 0 Å². The van der Waals surface area contributed by atoms with Gasteiger partial charge in [0.05, 0.1) is 5.56 Å². The summed E-state index contributed by atoms with van der Waals surface area (Å²) in [4.78, 5) is 12.3. The van der Waals surface area contributed by atoms with Crippen molar-refractivity contribution in [2.45, 2.75) is 20.1 Å². The first kappa shape index (κ1) is 23.7. The van der Waals surface area contributed by atoms with Crippen LogP contribution in [-0.2, 0) is 6.61 Å². The molecule has 0 fully saturated rings. The van der Waals surface area contributed by atoms with Crippen LogP contribution in [0.4, 0.5) is 8.78 Å². The molecule has 174 valence electrons. The number of hydrogen-bond acceptors (Lipinski definition) is 4. The molecule has 34 heavy (non-hydrogen) atoms. The second-order valence-corrected chi connectivity index (χ2v) is 8.80. The molecule has 0 aliphatic rings. The van der Waals surface area contributed by atoms with E-state index in [1.165, 1.54) is 12.1 Å². The summed E-state index contributed by atoms with van der Waals surface area (Å²) in [7, 11) is 0. The predicted molar refractivity (Wildman–Crippen MR) is 129 cm³/mol. The Labute approximate surface area is 204 Å². The lowest BCUT2D eigenvalue weighted by atomic mass is 9.98. The van der Waals surface area contributed by atoms with Gasteiger partial charge in [-0.3, -0.25) is 0 Å². The summed E-state index contributed by atoms with van der Waals surface area (Å²) in [5, 5.41) is 11.8. The number of rotatable bonds is 8. The van der Waals surface area contributed by atoms with Gasteiger partial charge < -0.3 is 14.6 Å². The first-order valence-electron chi connectivity index (χ1n) is 10.2. The van der Waals surface area contributed by atoms with Crippen LogP contribution in [-0.4, -0.2) is 17.7 Å². The van der Waals surface area contributed by atoms with E-state index in [0.29, 0.717) is 10.8 Å². The van der Waals surface area contributed by atoms with Crippen molar-refractivity contribution >= 4 is 28.9 Å². The van der Waals surface area contributed by atoms with E-state index in [1.807, 2.05) is 30.5 Å². The molecule has 0 atom stereocenters. The maximum absolute atomic E-state index is 12.4. The zero-order chi connectivity index (χ0) is 24.2. The highest BCUT2D eigenvalue weighted by molar-refractivity contribution is 7.14. The van der Waals surface area contributed by atoms with Gasteiger partial charge in [0.2, 0.25) is 0 Å². The minimum Gasteiger partial charge on any atom is -0.488 e. The fraction of sp³-hybridized carbons (Fsp3) is 0.115. The molecule has 4 rings (SSSR count). The molecule has 0 aliphatic carbocycles. The number of carboxylic acid groups (broad SMARTS) is 1. The lowest BCUT2D eigenvalue weighted by molar-refractivity contribution is -0.0498. The summed E-state index contributed by atoms with van der Waals surface area (Å²) < 4.78 is 35.2. The first-order valence-corrected chi connectivity index (χ1v) is 11.5. The number of aryl methyl sites for hydroxylation is 1. The number of benzene rings is 3. The van der Waals surface area contributed by atoms with Crippen LogP contribution in [0.15, 0.2) is 72.1 Å². The van der Waals surface area contributed by atoms with Gasteiger partial charge in [0.25, 0.3) is 0 Å². The Hall–Kier alpha value is -3.42. The van der Waals surface area contributed by atoms with E-state index in [2.05, 4.69) is 4.74 Å². The molecule has 3 aromatic carbocycles. The van der Waals surface area contributed by atoms with Gasteiger partial charge in [-0.05, 0) is 77.5 Å². The molecule has 0 radical (unpaired) electrons. The zero-order valence-electron chi connectivity index (χ0n) is 17.9. The lowest BCUT2D eigenvalue weighted by Gasteiger charge is -2.14. The van der Waals surface area contributed by atoms with Crippen LogP contribution in [0, 0.1) is 6.92 Å². The Morgan fingerprint density at radius 3 is 2.44 bits per heavy atom. The Bertz CT molecular complexity index is 1320.